The molecule has 3 heteroatoms. The largest absolute Gasteiger partial charge is 0.388 e. The predicted molar refractivity (Wildman–Crippen MR) is 47.6 cm³/mol. The Labute approximate surface area is 74.1 Å². The second-order valence-corrected chi connectivity index (χ2v) is 3.99. The first-order valence-electron chi connectivity index (χ1n) is 4.63. The Balaban J connectivity index is 2.56. The fourth-order valence-corrected chi connectivity index (χ4v) is 1.72. The SMILES string of the molecule is CCONC1(C)CCCC1(C)O. The van der Waals surface area contributed by atoms with E-state index in [1.807, 2.05) is 20.8 Å². The summed E-state index contributed by atoms with van der Waals surface area (Å²) in [4.78, 5) is 5.15. The number of hydrogen-bond donors (Lipinski definition) is 2. The molecule has 0 spiro atoms. The minimum absolute atomic E-state index is 0.275. The summed E-state index contributed by atoms with van der Waals surface area (Å²) in [6, 6.07) is 0. The first-order chi connectivity index (χ1) is 5.52. The van der Waals surface area contributed by atoms with Crippen LogP contribution in [0.5, 0.6) is 0 Å². The average Bonchev–Trinajstić information content (AvgIpc) is 2.24. The van der Waals surface area contributed by atoms with Crippen molar-refractivity contribution in [3.05, 3.63) is 0 Å². The zero-order chi connectivity index (χ0) is 9.24. The lowest BCUT2D eigenvalue weighted by Gasteiger charge is -2.36. The Kier molecular flexibility index (Phi) is 2.76. The van der Waals surface area contributed by atoms with Crippen molar-refractivity contribution in [2.24, 2.45) is 0 Å². The highest BCUT2D eigenvalue weighted by Gasteiger charge is 2.47. The van der Waals surface area contributed by atoms with Gasteiger partial charge in [-0.15, -0.1) is 0 Å². The van der Waals surface area contributed by atoms with Crippen LogP contribution < -0.4 is 5.48 Å². The summed E-state index contributed by atoms with van der Waals surface area (Å²) in [5.41, 5.74) is 2.04. The van der Waals surface area contributed by atoms with E-state index in [2.05, 4.69) is 5.48 Å². The first kappa shape index (κ1) is 9.96. The fraction of sp³-hybridized carbons (Fsp3) is 1.00. The molecule has 0 aromatic rings. The van der Waals surface area contributed by atoms with Gasteiger partial charge in [0.15, 0.2) is 0 Å². The smallest absolute Gasteiger partial charge is 0.0820 e. The van der Waals surface area contributed by atoms with Crippen LogP contribution in [0.1, 0.15) is 40.0 Å². The quantitative estimate of drug-likeness (QED) is 0.630. The molecule has 1 rings (SSSR count). The standard InChI is InChI=1S/C9H19NO2/c1-4-12-10-8(2)6-5-7-9(8,3)11/h10-11H,4-7H2,1-3H3. The van der Waals surface area contributed by atoms with E-state index >= 15 is 0 Å². The van der Waals surface area contributed by atoms with Crippen LogP contribution in [0.15, 0.2) is 0 Å². The van der Waals surface area contributed by atoms with Gasteiger partial charge in [-0.2, -0.15) is 5.48 Å². The van der Waals surface area contributed by atoms with Crippen molar-refractivity contribution in [3.63, 3.8) is 0 Å². The van der Waals surface area contributed by atoms with Gasteiger partial charge < -0.3 is 9.94 Å². The van der Waals surface area contributed by atoms with Gasteiger partial charge in [-0.3, -0.25) is 0 Å². The van der Waals surface area contributed by atoms with Crippen LogP contribution in [-0.2, 0) is 4.84 Å². The van der Waals surface area contributed by atoms with E-state index in [1.54, 1.807) is 0 Å². The van der Waals surface area contributed by atoms with Gasteiger partial charge >= 0.3 is 0 Å². The number of hydroxylamine groups is 1. The summed E-state index contributed by atoms with van der Waals surface area (Å²) < 4.78 is 0. The van der Waals surface area contributed by atoms with E-state index in [0.717, 1.165) is 19.3 Å². The zero-order valence-corrected chi connectivity index (χ0v) is 8.18. The van der Waals surface area contributed by atoms with Crippen molar-refractivity contribution < 1.29 is 9.94 Å². The molecule has 0 aromatic heterocycles. The second kappa shape index (κ2) is 3.32. The van der Waals surface area contributed by atoms with Gasteiger partial charge in [-0.1, -0.05) is 0 Å². The lowest BCUT2D eigenvalue weighted by atomic mass is 9.87. The maximum absolute atomic E-state index is 10.00. The normalized spacial score (nSPS) is 42.0. The van der Waals surface area contributed by atoms with Gasteiger partial charge in [0.05, 0.1) is 17.7 Å². The summed E-state index contributed by atoms with van der Waals surface area (Å²) in [6.07, 6.45) is 2.88. The number of hydrogen-bond acceptors (Lipinski definition) is 3. The highest BCUT2D eigenvalue weighted by molar-refractivity contribution is 5.03. The molecule has 0 amide bonds. The van der Waals surface area contributed by atoms with Crippen LogP contribution in [0, 0.1) is 0 Å². The third-order valence-electron chi connectivity index (χ3n) is 2.97. The first-order valence-corrected chi connectivity index (χ1v) is 4.63. The molecule has 1 aliphatic carbocycles. The van der Waals surface area contributed by atoms with Crippen LogP contribution in [0.2, 0.25) is 0 Å². The molecule has 0 radical (unpaired) electrons. The molecule has 2 N–H and O–H groups in total. The molecular formula is C9H19NO2. The van der Waals surface area contributed by atoms with Crippen LogP contribution >= 0.6 is 0 Å². The third kappa shape index (κ3) is 1.63. The van der Waals surface area contributed by atoms with E-state index < -0.39 is 5.60 Å². The van der Waals surface area contributed by atoms with Crippen LogP contribution in [0.4, 0.5) is 0 Å². The minimum atomic E-state index is -0.637. The monoisotopic (exact) mass is 173 g/mol. The fourth-order valence-electron chi connectivity index (χ4n) is 1.72. The third-order valence-corrected chi connectivity index (χ3v) is 2.97. The lowest BCUT2D eigenvalue weighted by molar-refractivity contribution is -0.0941. The van der Waals surface area contributed by atoms with Crippen molar-refractivity contribution in [2.75, 3.05) is 6.61 Å². The number of rotatable bonds is 3. The topological polar surface area (TPSA) is 41.5 Å². The zero-order valence-electron chi connectivity index (χ0n) is 8.18. The van der Waals surface area contributed by atoms with E-state index in [9.17, 15) is 5.11 Å². The molecular weight excluding hydrogens is 154 g/mol. The predicted octanol–water partition coefficient (Wildman–Crippen LogP) is 1.22. The second-order valence-electron chi connectivity index (χ2n) is 3.99. The summed E-state index contributed by atoms with van der Waals surface area (Å²) in [7, 11) is 0. The van der Waals surface area contributed by atoms with Crippen molar-refractivity contribution in [1.82, 2.24) is 5.48 Å². The molecule has 0 aliphatic heterocycles. The van der Waals surface area contributed by atoms with Gasteiger partial charge in [-0.25, -0.2) is 0 Å². The molecule has 2 atom stereocenters. The van der Waals surface area contributed by atoms with E-state index in [0.29, 0.717) is 6.61 Å². The molecule has 2 unspecified atom stereocenters. The van der Waals surface area contributed by atoms with Gasteiger partial charge in [0.1, 0.15) is 0 Å². The molecule has 12 heavy (non-hydrogen) atoms. The Bertz CT molecular complexity index is 159. The summed E-state index contributed by atoms with van der Waals surface area (Å²) in [5, 5.41) is 10.00. The Hall–Kier alpha value is -0.120. The van der Waals surface area contributed by atoms with Gasteiger partial charge in [0, 0.05) is 0 Å². The molecule has 0 heterocycles. The van der Waals surface area contributed by atoms with Crippen LogP contribution in [0.3, 0.4) is 0 Å². The molecule has 72 valence electrons. The van der Waals surface area contributed by atoms with Crippen molar-refractivity contribution in [3.8, 4) is 0 Å². The van der Waals surface area contributed by atoms with E-state index in [4.69, 9.17) is 4.84 Å². The summed E-state index contributed by atoms with van der Waals surface area (Å²) >= 11 is 0. The molecule has 0 bridgehead atoms. The van der Waals surface area contributed by atoms with Crippen molar-refractivity contribution in [1.29, 1.82) is 0 Å². The van der Waals surface area contributed by atoms with E-state index in [1.165, 1.54) is 0 Å². The molecule has 1 saturated carbocycles. The molecule has 1 fully saturated rings. The van der Waals surface area contributed by atoms with E-state index in [-0.39, 0.29) is 5.54 Å². The van der Waals surface area contributed by atoms with Crippen molar-refractivity contribution >= 4 is 0 Å². The van der Waals surface area contributed by atoms with Gasteiger partial charge in [-0.05, 0) is 40.0 Å². The average molecular weight is 173 g/mol. The summed E-state index contributed by atoms with van der Waals surface area (Å²) in [5.74, 6) is 0. The molecule has 3 nitrogen and oxygen atoms in total. The number of aliphatic hydroxyl groups is 1. The Morgan fingerprint density at radius 3 is 2.50 bits per heavy atom. The lowest BCUT2D eigenvalue weighted by Crippen LogP contribution is -2.55. The highest BCUT2D eigenvalue weighted by Crippen LogP contribution is 2.38. The highest BCUT2D eigenvalue weighted by atomic mass is 16.6. The molecule has 1 aliphatic rings. The van der Waals surface area contributed by atoms with Crippen LogP contribution in [0.25, 0.3) is 0 Å². The Morgan fingerprint density at radius 2 is 2.08 bits per heavy atom. The van der Waals surface area contributed by atoms with Gasteiger partial charge in [0.25, 0.3) is 0 Å². The van der Waals surface area contributed by atoms with Gasteiger partial charge in [0.2, 0.25) is 0 Å². The number of nitrogens with one attached hydrogen (secondary N) is 1. The minimum Gasteiger partial charge on any atom is -0.388 e. The maximum atomic E-state index is 10.00. The summed E-state index contributed by atoms with van der Waals surface area (Å²) in [6.45, 7) is 6.44. The van der Waals surface area contributed by atoms with Crippen molar-refractivity contribution in [2.45, 2.75) is 51.2 Å². The van der Waals surface area contributed by atoms with Crippen LogP contribution in [-0.4, -0.2) is 22.9 Å². The molecule has 0 saturated heterocycles. The molecule has 0 aromatic carbocycles. The maximum Gasteiger partial charge on any atom is 0.0820 e. The Morgan fingerprint density at radius 1 is 1.42 bits per heavy atom.